The highest BCUT2D eigenvalue weighted by molar-refractivity contribution is 6.03. The molecule has 3 aromatic rings. The lowest BCUT2D eigenvalue weighted by Crippen LogP contribution is -2.27. The summed E-state index contributed by atoms with van der Waals surface area (Å²) in [5.74, 6) is 0. The number of aryl methyl sites for hydroxylation is 1. The third-order valence-corrected chi connectivity index (χ3v) is 3.98. The van der Waals surface area contributed by atoms with E-state index in [4.69, 9.17) is 0 Å². The first-order valence-electron chi connectivity index (χ1n) is 7.33. The smallest absolute Gasteiger partial charge is 0.322 e. The van der Waals surface area contributed by atoms with E-state index in [9.17, 15) is 4.79 Å². The molecule has 0 aliphatic carbocycles. The van der Waals surface area contributed by atoms with Gasteiger partial charge in [0, 0.05) is 18.5 Å². The minimum absolute atomic E-state index is 0.0456. The molecule has 4 rings (SSSR count). The Morgan fingerprint density at radius 3 is 2.82 bits per heavy atom. The fraction of sp³-hybridized carbons (Fsp3) is 0.176. The van der Waals surface area contributed by atoms with Crippen LogP contribution in [0.25, 0.3) is 16.6 Å². The van der Waals surface area contributed by atoms with Crippen LogP contribution >= 0.6 is 0 Å². The number of nitrogens with zero attached hydrogens (tertiary/aromatic N) is 3. The van der Waals surface area contributed by atoms with Gasteiger partial charge in [-0.15, -0.1) is 0 Å². The summed E-state index contributed by atoms with van der Waals surface area (Å²) < 4.78 is 1.92. The second kappa shape index (κ2) is 4.87. The third-order valence-electron chi connectivity index (χ3n) is 3.98. The summed E-state index contributed by atoms with van der Waals surface area (Å²) in [7, 11) is 0. The molecule has 1 saturated heterocycles. The fourth-order valence-electron chi connectivity index (χ4n) is 2.94. The Bertz CT molecular complexity index is 868. The zero-order valence-electron chi connectivity index (χ0n) is 12.3. The Kier molecular flexibility index (Phi) is 2.85. The van der Waals surface area contributed by atoms with Gasteiger partial charge in [0.2, 0.25) is 0 Å². The van der Waals surface area contributed by atoms with Gasteiger partial charge in [-0.05, 0) is 36.8 Å². The van der Waals surface area contributed by atoms with E-state index in [2.05, 4.69) is 29.5 Å². The predicted molar refractivity (Wildman–Crippen MR) is 86.6 cm³/mol. The molecule has 5 heteroatoms. The first-order valence-corrected chi connectivity index (χ1v) is 7.33. The van der Waals surface area contributed by atoms with Gasteiger partial charge in [-0.3, -0.25) is 4.90 Å². The van der Waals surface area contributed by atoms with E-state index in [0.717, 1.165) is 22.3 Å². The lowest BCUT2D eigenvalue weighted by molar-refractivity contribution is 0.252. The minimum Gasteiger partial charge on any atom is -0.336 e. The van der Waals surface area contributed by atoms with Crippen molar-refractivity contribution in [3.63, 3.8) is 0 Å². The van der Waals surface area contributed by atoms with Crippen molar-refractivity contribution in [2.75, 3.05) is 18.0 Å². The first-order chi connectivity index (χ1) is 10.7. The van der Waals surface area contributed by atoms with Crippen molar-refractivity contribution in [2.45, 2.75) is 6.92 Å². The van der Waals surface area contributed by atoms with Crippen molar-refractivity contribution in [3.8, 4) is 5.69 Å². The summed E-state index contributed by atoms with van der Waals surface area (Å²) in [5.41, 5.74) is 4.13. The van der Waals surface area contributed by atoms with Crippen LogP contribution in [0.2, 0.25) is 0 Å². The van der Waals surface area contributed by atoms with Gasteiger partial charge >= 0.3 is 6.03 Å². The second-order valence-electron chi connectivity index (χ2n) is 5.49. The molecule has 110 valence electrons. The van der Waals surface area contributed by atoms with Gasteiger partial charge in [0.05, 0.1) is 23.1 Å². The molecule has 2 amide bonds. The average molecular weight is 292 g/mol. The molecular formula is C17H16N4O. The molecular weight excluding hydrogens is 276 g/mol. The number of aromatic nitrogens is 2. The molecule has 1 fully saturated rings. The molecule has 0 spiro atoms. The van der Waals surface area contributed by atoms with E-state index in [1.54, 1.807) is 4.90 Å². The number of benzene rings is 2. The number of fused-ring (bicyclic) bond motifs is 1. The van der Waals surface area contributed by atoms with Gasteiger partial charge in [0.15, 0.2) is 0 Å². The number of nitrogens with one attached hydrogen (secondary N) is 1. The molecule has 0 radical (unpaired) electrons. The van der Waals surface area contributed by atoms with Gasteiger partial charge in [0.25, 0.3) is 0 Å². The van der Waals surface area contributed by atoms with Crippen molar-refractivity contribution in [3.05, 3.63) is 54.2 Å². The van der Waals surface area contributed by atoms with Crippen LogP contribution in [0.15, 0.2) is 48.7 Å². The molecule has 0 saturated carbocycles. The Morgan fingerprint density at radius 1 is 1.18 bits per heavy atom. The zero-order chi connectivity index (χ0) is 15.1. The van der Waals surface area contributed by atoms with Crippen molar-refractivity contribution >= 4 is 22.6 Å². The topological polar surface area (TPSA) is 50.2 Å². The molecule has 1 aromatic heterocycles. The average Bonchev–Trinajstić information content (AvgIpc) is 3.13. The van der Waals surface area contributed by atoms with E-state index in [1.165, 1.54) is 5.56 Å². The maximum atomic E-state index is 11.9. The molecule has 1 aliphatic rings. The van der Waals surface area contributed by atoms with Crippen LogP contribution in [0.5, 0.6) is 0 Å². The number of rotatable bonds is 2. The highest BCUT2D eigenvalue weighted by Gasteiger charge is 2.23. The van der Waals surface area contributed by atoms with Crippen LogP contribution in [-0.2, 0) is 0 Å². The molecule has 22 heavy (non-hydrogen) atoms. The first kappa shape index (κ1) is 12.9. The Morgan fingerprint density at radius 2 is 2.05 bits per heavy atom. The molecule has 1 aliphatic heterocycles. The lowest BCUT2D eigenvalue weighted by atomic mass is 10.2. The van der Waals surface area contributed by atoms with Crippen LogP contribution in [0.3, 0.4) is 0 Å². The number of urea groups is 1. The van der Waals surface area contributed by atoms with Crippen LogP contribution in [0, 0.1) is 6.92 Å². The summed E-state index contributed by atoms with van der Waals surface area (Å²) in [5, 5.41) is 8.35. The molecule has 5 nitrogen and oxygen atoms in total. The van der Waals surface area contributed by atoms with Crippen molar-refractivity contribution in [1.29, 1.82) is 0 Å². The van der Waals surface area contributed by atoms with E-state index >= 15 is 0 Å². The van der Waals surface area contributed by atoms with Crippen molar-refractivity contribution < 1.29 is 4.79 Å². The minimum atomic E-state index is -0.0456. The highest BCUT2D eigenvalue weighted by atomic mass is 16.2. The van der Waals surface area contributed by atoms with Crippen LogP contribution in [0.4, 0.5) is 10.5 Å². The number of amides is 2. The summed E-state index contributed by atoms with van der Waals surface area (Å²) >= 11 is 0. The molecule has 0 atom stereocenters. The summed E-state index contributed by atoms with van der Waals surface area (Å²) in [6.07, 6.45) is 1.83. The highest BCUT2D eigenvalue weighted by Crippen LogP contribution is 2.29. The van der Waals surface area contributed by atoms with Crippen LogP contribution < -0.4 is 10.2 Å². The van der Waals surface area contributed by atoms with Crippen molar-refractivity contribution in [2.24, 2.45) is 0 Å². The number of carbonyl (C=O) groups is 1. The molecule has 0 bridgehead atoms. The normalized spacial score (nSPS) is 14.6. The SMILES string of the molecule is Cc1cccc(-n2ncc3c(N4CCNC4=O)cccc32)c1. The molecule has 1 N–H and O–H groups in total. The monoisotopic (exact) mass is 292 g/mol. The summed E-state index contributed by atoms with van der Waals surface area (Å²) in [4.78, 5) is 13.7. The van der Waals surface area contributed by atoms with Crippen molar-refractivity contribution in [1.82, 2.24) is 15.1 Å². The van der Waals surface area contributed by atoms with Crippen LogP contribution in [-0.4, -0.2) is 28.9 Å². The lowest BCUT2D eigenvalue weighted by Gasteiger charge is -2.15. The largest absolute Gasteiger partial charge is 0.336 e. The van der Waals surface area contributed by atoms with E-state index < -0.39 is 0 Å². The van der Waals surface area contributed by atoms with E-state index in [0.29, 0.717) is 13.1 Å². The van der Waals surface area contributed by atoms with E-state index in [-0.39, 0.29) is 6.03 Å². The number of anilines is 1. The summed E-state index contributed by atoms with van der Waals surface area (Å²) in [6, 6.07) is 14.1. The number of hydrogen-bond donors (Lipinski definition) is 1. The third kappa shape index (κ3) is 1.94. The van der Waals surface area contributed by atoms with Gasteiger partial charge in [-0.2, -0.15) is 5.10 Å². The number of carbonyl (C=O) groups excluding carboxylic acids is 1. The maximum Gasteiger partial charge on any atom is 0.322 e. The van der Waals surface area contributed by atoms with Crippen LogP contribution in [0.1, 0.15) is 5.56 Å². The quantitative estimate of drug-likeness (QED) is 0.789. The maximum absolute atomic E-state index is 11.9. The Labute approximate surface area is 128 Å². The fourth-order valence-corrected chi connectivity index (χ4v) is 2.94. The summed E-state index contributed by atoms with van der Waals surface area (Å²) in [6.45, 7) is 3.43. The van der Waals surface area contributed by atoms with E-state index in [1.807, 2.05) is 41.2 Å². The van der Waals surface area contributed by atoms with Gasteiger partial charge in [0.1, 0.15) is 0 Å². The standard InChI is InChI=1S/C17H16N4O/c1-12-4-2-5-13(10-12)21-16-7-3-6-15(14(16)11-19-21)20-9-8-18-17(20)22/h2-7,10-11H,8-9H2,1H3,(H,18,22). The Hall–Kier alpha value is -2.82. The van der Waals surface area contributed by atoms with Gasteiger partial charge in [-0.25, -0.2) is 9.48 Å². The molecule has 0 unspecified atom stereocenters. The number of hydrogen-bond acceptors (Lipinski definition) is 2. The second-order valence-corrected chi connectivity index (χ2v) is 5.49. The zero-order valence-corrected chi connectivity index (χ0v) is 12.3. The van der Waals surface area contributed by atoms with Gasteiger partial charge < -0.3 is 5.32 Å². The predicted octanol–water partition coefficient (Wildman–Crippen LogP) is 2.86. The molecule has 2 aromatic carbocycles. The molecule has 2 heterocycles. The Balaban J connectivity index is 1.88. The van der Waals surface area contributed by atoms with Gasteiger partial charge in [-0.1, -0.05) is 18.2 Å².